The molecule has 8 heteroatoms. The van der Waals surface area contributed by atoms with Crippen LogP contribution in [-0.4, -0.2) is 60.8 Å². The minimum absolute atomic E-state index is 0.115. The molecule has 0 bridgehead atoms. The van der Waals surface area contributed by atoms with Gasteiger partial charge in [0.1, 0.15) is 0 Å². The van der Waals surface area contributed by atoms with E-state index in [2.05, 4.69) is 15.2 Å². The summed E-state index contributed by atoms with van der Waals surface area (Å²) in [5, 5.41) is 14.5. The lowest BCUT2D eigenvalue weighted by molar-refractivity contribution is -0.385. The number of piperidine rings is 1. The normalized spacial score (nSPS) is 21.2. The molecule has 0 saturated carbocycles. The Balaban J connectivity index is 1.52. The lowest BCUT2D eigenvalue weighted by Gasteiger charge is -2.35. The Morgan fingerprint density at radius 3 is 2.79 bits per heavy atom. The zero-order valence-electron chi connectivity index (χ0n) is 17.2. The number of likely N-dealkylation sites (tertiary alicyclic amines) is 1. The van der Waals surface area contributed by atoms with Crippen molar-refractivity contribution >= 4 is 11.6 Å². The Hall–Kier alpha value is -2.19. The van der Waals surface area contributed by atoms with Gasteiger partial charge in [-0.15, -0.1) is 0 Å². The van der Waals surface area contributed by atoms with Gasteiger partial charge in [-0.1, -0.05) is 18.2 Å². The first kappa shape index (κ1) is 21.5. The number of benzene rings is 1. The minimum Gasteiger partial charge on any atom is -0.376 e. The molecule has 2 fully saturated rings. The van der Waals surface area contributed by atoms with Crippen LogP contribution in [0, 0.1) is 10.1 Å². The molecule has 29 heavy (non-hydrogen) atoms. The lowest BCUT2D eigenvalue weighted by atomic mass is 10.1. The third-order valence-electron chi connectivity index (χ3n) is 5.46. The van der Waals surface area contributed by atoms with Gasteiger partial charge < -0.3 is 19.7 Å². The number of aliphatic imine (C=N–C) groups is 1. The maximum absolute atomic E-state index is 11.2. The lowest BCUT2D eigenvalue weighted by Crippen LogP contribution is -2.47. The number of ether oxygens (including phenoxy) is 2. The number of nitro groups is 1. The highest BCUT2D eigenvalue weighted by Crippen LogP contribution is 2.20. The second-order valence-electron chi connectivity index (χ2n) is 7.56. The fourth-order valence-corrected chi connectivity index (χ4v) is 3.83. The molecule has 1 aromatic carbocycles. The third-order valence-corrected chi connectivity index (χ3v) is 5.46. The summed E-state index contributed by atoms with van der Waals surface area (Å²) in [6, 6.07) is 6.78. The first-order chi connectivity index (χ1) is 14.2. The SMILES string of the molecule is CCNC(=NCc1ccccc1[N+](=O)[O-])N1CCC(OCC2CCCCO2)CC1. The highest BCUT2D eigenvalue weighted by Gasteiger charge is 2.24. The van der Waals surface area contributed by atoms with Crippen LogP contribution in [0.4, 0.5) is 5.69 Å². The molecule has 0 spiro atoms. The van der Waals surface area contributed by atoms with Gasteiger partial charge in [0, 0.05) is 32.3 Å². The van der Waals surface area contributed by atoms with Crippen molar-refractivity contribution in [3.8, 4) is 0 Å². The van der Waals surface area contributed by atoms with Crippen LogP contribution >= 0.6 is 0 Å². The summed E-state index contributed by atoms with van der Waals surface area (Å²) in [6.07, 6.45) is 5.90. The van der Waals surface area contributed by atoms with E-state index < -0.39 is 0 Å². The van der Waals surface area contributed by atoms with Crippen molar-refractivity contribution < 1.29 is 14.4 Å². The number of guanidine groups is 1. The van der Waals surface area contributed by atoms with Crippen molar-refractivity contribution in [3.63, 3.8) is 0 Å². The summed E-state index contributed by atoms with van der Waals surface area (Å²) in [5.74, 6) is 0.805. The molecular formula is C21H32N4O4. The second kappa shape index (κ2) is 11.1. The molecule has 2 aliphatic rings. The van der Waals surface area contributed by atoms with E-state index in [1.807, 2.05) is 13.0 Å². The molecule has 160 valence electrons. The highest BCUT2D eigenvalue weighted by molar-refractivity contribution is 5.80. The number of nitrogens with zero attached hydrogens (tertiary/aromatic N) is 3. The van der Waals surface area contributed by atoms with Gasteiger partial charge >= 0.3 is 0 Å². The summed E-state index contributed by atoms with van der Waals surface area (Å²) in [7, 11) is 0. The first-order valence-electron chi connectivity index (χ1n) is 10.7. The van der Waals surface area contributed by atoms with E-state index in [4.69, 9.17) is 9.47 Å². The van der Waals surface area contributed by atoms with E-state index in [1.165, 1.54) is 12.5 Å². The summed E-state index contributed by atoms with van der Waals surface area (Å²) < 4.78 is 11.8. The first-order valence-corrected chi connectivity index (χ1v) is 10.7. The summed E-state index contributed by atoms with van der Waals surface area (Å²) >= 11 is 0. The van der Waals surface area contributed by atoms with E-state index in [9.17, 15) is 10.1 Å². The van der Waals surface area contributed by atoms with E-state index in [-0.39, 0.29) is 29.4 Å². The maximum Gasteiger partial charge on any atom is 0.274 e. The molecule has 1 atom stereocenters. The van der Waals surface area contributed by atoms with Crippen molar-refractivity contribution in [2.24, 2.45) is 4.99 Å². The van der Waals surface area contributed by atoms with Gasteiger partial charge in [-0.25, -0.2) is 4.99 Å². The van der Waals surface area contributed by atoms with E-state index in [1.54, 1.807) is 12.1 Å². The minimum atomic E-state index is -0.351. The molecule has 2 saturated heterocycles. The molecule has 0 aliphatic carbocycles. The predicted molar refractivity (Wildman–Crippen MR) is 112 cm³/mol. The van der Waals surface area contributed by atoms with E-state index in [0.29, 0.717) is 12.2 Å². The number of para-hydroxylation sites is 1. The molecule has 1 N–H and O–H groups in total. The Bertz CT molecular complexity index is 683. The Kier molecular flexibility index (Phi) is 8.25. The monoisotopic (exact) mass is 404 g/mol. The van der Waals surface area contributed by atoms with Gasteiger partial charge in [-0.2, -0.15) is 0 Å². The molecule has 0 aromatic heterocycles. The molecule has 2 heterocycles. The maximum atomic E-state index is 11.2. The van der Waals surface area contributed by atoms with Crippen LogP contribution < -0.4 is 5.32 Å². The highest BCUT2D eigenvalue weighted by atomic mass is 16.6. The van der Waals surface area contributed by atoms with E-state index >= 15 is 0 Å². The van der Waals surface area contributed by atoms with Gasteiger partial charge in [-0.3, -0.25) is 10.1 Å². The van der Waals surface area contributed by atoms with Crippen LogP contribution in [0.3, 0.4) is 0 Å². The standard InChI is InChI=1S/C21H32N4O4/c1-2-22-21(23-15-17-7-3-4-9-20(17)25(26)27)24-12-10-18(11-13-24)29-16-19-8-5-6-14-28-19/h3-4,7,9,18-19H,2,5-6,8,10-16H2,1H3,(H,22,23). The van der Waals surface area contributed by atoms with E-state index in [0.717, 1.165) is 57.9 Å². The van der Waals surface area contributed by atoms with Gasteiger partial charge in [0.15, 0.2) is 5.96 Å². The molecule has 0 amide bonds. The third kappa shape index (κ3) is 6.40. The summed E-state index contributed by atoms with van der Waals surface area (Å²) in [4.78, 5) is 17.7. The van der Waals surface area contributed by atoms with Crippen molar-refractivity contribution in [1.82, 2.24) is 10.2 Å². The van der Waals surface area contributed by atoms with Crippen LogP contribution in [0.25, 0.3) is 0 Å². The van der Waals surface area contributed by atoms with Gasteiger partial charge in [0.25, 0.3) is 5.69 Å². The van der Waals surface area contributed by atoms with Crippen molar-refractivity contribution in [2.75, 3.05) is 32.8 Å². The van der Waals surface area contributed by atoms with Gasteiger partial charge in [0.05, 0.1) is 35.8 Å². The largest absolute Gasteiger partial charge is 0.376 e. The summed E-state index contributed by atoms with van der Waals surface area (Å²) in [5.41, 5.74) is 0.739. The molecule has 0 radical (unpaired) electrons. The fourth-order valence-electron chi connectivity index (χ4n) is 3.83. The number of hydrogen-bond donors (Lipinski definition) is 1. The average Bonchev–Trinajstić information content (AvgIpc) is 2.76. The molecule has 3 rings (SSSR count). The fraction of sp³-hybridized carbons (Fsp3) is 0.667. The molecule has 2 aliphatic heterocycles. The van der Waals surface area contributed by atoms with Crippen LogP contribution in [0.5, 0.6) is 0 Å². The van der Waals surface area contributed by atoms with Crippen molar-refractivity contribution in [2.45, 2.75) is 57.8 Å². The van der Waals surface area contributed by atoms with Crippen LogP contribution in [-0.2, 0) is 16.0 Å². The van der Waals surface area contributed by atoms with Gasteiger partial charge in [-0.05, 0) is 39.0 Å². The molecule has 1 aromatic rings. The van der Waals surface area contributed by atoms with Crippen molar-refractivity contribution in [1.29, 1.82) is 0 Å². The number of nitro benzene ring substituents is 1. The second-order valence-corrected chi connectivity index (χ2v) is 7.56. The number of hydrogen-bond acceptors (Lipinski definition) is 5. The smallest absolute Gasteiger partial charge is 0.274 e. The Labute approximate surface area is 172 Å². The zero-order chi connectivity index (χ0) is 20.5. The summed E-state index contributed by atoms with van der Waals surface area (Å²) in [6.45, 7) is 6.34. The van der Waals surface area contributed by atoms with Crippen molar-refractivity contribution in [3.05, 3.63) is 39.9 Å². The quantitative estimate of drug-likeness (QED) is 0.325. The molecular weight excluding hydrogens is 372 g/mol. The van der Waals surface area contributed by atoms with Crippen LogP contribution in [0.2, 0.25) is 0 Å². The Morgan fingerprint density at radius 1 is 1.31 bits per heavy atom. The Morgan fingerprint density at radius 2 is 2.10 bits per heavy atom. The average molecular weight is 405 g/mol. The zero-order valence-corrected chi connectivity index (χ0v) is 17.2. The van der Waals surface area contributed by atoms with Gasteiger partial charge in [0.2, 0.25) is 0 Å². The molecule has 1 unspecified atom stereocenters. The number of rotatable bonds is 7. The topological polar surface area (TPSA) is 89.2 Å². The van der Waals surface area contributed by atoms with Crippen LogP contribution in [0.1, 0.15) is 44.6 Å². The number of nitrogens with one attached hydrogen (secondary N) is 1. The predicted octanol–water partition coefficient (Wildman–Crippen LogP) is 3.11. The molecule has 8 nitrogen and oxygen atoms in total. The van der Waals surface area contributed by atoms with Crippen LogP contribution in [0.15, 0.2) is 29.3 Å².